The summed E-state index contributed by atoms with van der Waals surface area (Å²) in [5, 5.41) is 0. The first-order valence-corrected chi connectivity index (χ1v) is 8.45. The zero-order valence-electron chi connectivity index (χ0n) is 12.9. The highest BCUT2D eigenvalue weighted by atomic mass is 15.3. The summed E-state index contributed by atoms with van der Waals surface area (Å²) in [5.74, 6) is 0. The van der Waals surface area contributed by atoms with Gasteiger partial charge in [0, 0.05) is 24.8 Å². The van der Waals surface area contributed by atoms with Crippen molar-refractivity contribution >= 4 is 5.69 Å². The summed E-state index contributed by atoms with van der Waals surface area (Å²) in [6.45, 7) is 7.40. The Labute approximate surface area is 123 Å². The molecule has 0 spiro atoms. The number of rotatable bonds is 5. The molecule has 0 aromatic heterocycles. The predicted molar refractivity (Wildman–Crippen MR) is 86.5 cm³/mol. The molecule has 0 saturated carbocycles. The highest BCUT2D eigenvalue weighted by Crippen LogP contribution is 2.33. The molecule has 2 nitrogen and oxygen atoms in total. The van der Waals surface area contributed by atoms with Gasteiger partial charge in [0.15, 0.2) is 0 Å². The Morgan fingerprint density at radius 3 is 2.90 bits per heavy atom. The summed E-state index contributed by atoms with van der Waals surface area (Å²) < 4.78 is 0. The Bertz CT molecular complexity index is 429. The minimum atomic E-state index is 0.723. The molecule has 110 valence electrons. The lowest BCUT2D eigenvalue weighted by molar-refractivity contribution is 0.267. The molecule has 1 aromatic carbocycles. The Morgan fingerprint density at radius 1 is 1.10 bits per heavy atom. The van der Waals surface area contributed by atoms with Crippen LogP contribution in [0.2, 0.25) is 0 Å². The molecule has 1 saturated heterocycles. The Hall–Kier alpha value is -1.02. The molecule has 20 heavy (non-hydrogen) atoms. The first-order valence-electron chi connectivity index (χ1n) is 8.45. The maximum atomic E-state index is 2.71. The van der Waals surface area contributed by atoms with Gasteiger partial charge in [0.1, 0.15) is 0 Å². The molecule has 1 unspecified atom stereocenters. The van der Waals surface area contributed by atoms with Gasteiger partial charge in [-0.1, -0.05) is 44.4 Å². The fraction of sp³-hybridized carbons (Fsp3) is 0.667. The molecule has 0 bridgehead atoms. The SMILES string of the molecule is CCCCCCN1CCCN2c3ccccc3CC2C1. The predicted octanol–water partition coefficient (Wildman–Crippen LogP) is 3.70. The number of hydrogen-bond donors (Lipinski definition) is 0. The molecule has 0 aliphatic carbocycles. The van der Waals surface area contributed by atoms with Crippen molar-refractivity contribution in [2.45, 2.75) is 51.5 Å². The van der Waals surface area contributed by atoms with E-state index < -0.39 is 0 Å². The molecule has 2 heterocycles. The van der Waals surface area contributed by atoms with Crippen molar-refractivity contribution in [3.8, 4) is 0 Å². The third-order valence-electron chi connectivity index (χ3n) is 4.87. The number of unbranched alkanes of at least 4 members (excludes halogenated alkanes) is 3. The van der Waals surface area contributed by atoms with E-state index in [9.17, 15) is 0 Å². The van der Waals surface area contributed by atoms with Crippen LogP contribution in [-0.4, -0.2) is 37.1 Å². The van der Waals surface area contributed by atoms with E-state index in [4.69, 9.17) is 0 Å². The van der Waals surface area contributed by atoms with Crippen molar-refractivity contribution in [1.29, 1.82) is 0 Å². The standard InChI is InChI=1S/C18H28N2/c1-2-3-4-7-11-19-12-8-13-20-17(15-19)14-16-9-5-6-10-18(16)20/h5-6,9-10,17H,2-4,7-8,11-15H2,1H3. The van der Waals surface area contributed by atoms with Gasteiger partial charge in [-0.15, -0.1) is 0 Å². The van der Waals surface area contributed by atoms with Gasteiger partial charge in [0.25, 0.3) is 0 Å². The van der Waals surface area contributed by atoms with E-state index in [1.807, 2.05) is 0 Å². The molecular weight excluding hydrogens is 244 g/mol. The fourth-order valence-corrected chi connectivity index (χ4v) is 3.81. The molecule has 0 radical (unpaired) electrons. The van der Waals surface area contributed by atoms with E-state index in [0.717, 1.165) is 6.04 Å². The van der Waals surface area contributed by atoms with E-state index in [-0.39, 0.29) is 0 Å². The molecule has 1 atom stereocenters. The van der Waals surface area contributed by atoms with Crippen LogP contribution in [0.1, 0.15) is 44.6 Å². The summed E-state index contributed by atoms with van der Waals surface area (Å²) in [4.78, 5) is 5.38. The highest BCUT2D eigenvalue weighted by Gasteiger charge is 2.31. The molecule has 2 aliphatic rings. The van der Waals surface area contributed by atoms with Crippen LogP contribution < -0.4 is 4.90 Å². The largest absolute Gasteiger partial charge is 0.367 e. The van der Waals surface area contributed by atoms with Gasteiger partial charge >= 0.3 is 0 Å². The minimum absolute atomic E-state index is 0.723. The van der Waals surface area contributed by atoms with Crippen molar-refractivity contribution in [1.82, 2.24) is 4.90 Å². The van der Waals surface area contributed by atoms with E-state index in [1.165, 1.54) is 70.4 Å². The smallest absolute Gasteiger partial charge is 0.0458 e. The number of para-hydroxylation sites is 1. The number of hydrogen-bond acceptors (Lipinski definition) is 2. The maximum absolute atomic E-state index is 2.71. The molecule has 2 heteroatoms. The summed E-state index contributed by atoms with van der Waals surface area (Å²) in [5.41, 5.74) is 3.07. The van der Waals surface area contributed by atoms with Crippen LogP contribution in [0.3, 0.4) is 0 Å². The van der Waals surface area contributed by atoms with Crippen molar-refractivity contribution in [2.75, 3.05) is 31.1 Å². The number of fused-ring (bicyclic) bond motifs is 3. The van der Waals surface area contributed by atoms with Gasteiger partial charge in [0.05, 0.1) is 0 Å². The van der Waals surface area contributed by atoms with Crippen LogP contribution in [0.25, 0.3) is 0 Å². The van der Waals surface area contributed by atoms with E-state index in [2.05, 4.69) is 41.0 Å². The minimum Gasteiger partial charge on any atom is -0.367 e. The zero-order valence-corrected chi connectivity index (χ0v) is 12.9. The molecule has 0 N–H and O–H groups in total. The van der Waals surface area contributed by atoms with Gasteiger partial charge in [-0.25, -0.2) is 0 Å². The van der Waals surface area contributed by atoms with Crippen LogP contribution in [0.4, 0.5) is 5.69 Å². The van der Waals surface area contributed by atoms with Crippen LogP contribution in [0.15, 0.2) is 24.3 Å². The Balaban J connectivity index is 1.58. The van der Waals surface area contributed by atoms with E-state index in [1.54, 1.807) is 5.56 Å². The third kappa shape index (κ3) is 3.01. The quantitative estimate of drug-likeness (QED) is 0.754. The average molecular weight is 272 g/mol. The molecule has 3 rings (SSSR count). The van der Waals surface area contributed by atoms with Crippen molar-refractivity contribution < 1.29 is 0 Å². The van der Waals surface area contributed by atoms with Crippen LogP contribution >= 0.6 is 0 Å². The summed E-state index contributed by atoms with van der Waals surface area (Å²) in [7, 11) is 0. The maximum Gasteiger partial charge on any atom is 0.0458 e. The first-order chi connectivity index (χ1) is 9.88. The van der Waals surface area contributed by atoms with Gasteiger partial charge in [-0.2, -0.15) is 0 Å². The van der Waals surface area contributed by atoms with Gasteiger partial charge < -0.3 is 9.80 Å². The van der Waals surface area contributed by atoms with E-state index in [0.29, 0.717) is 0 Å². The molecule has 2 aliphatic heterocycles. The van der Waals surface area contributed by atoms with Crippen molar-refractivity contribution in [3.63, 3.8) is 0 Å². The van der Waals surface area contributed by atoms with Crippen molar-refractivity contribution in [2.24, 2.45) is 0 Å². The molecular formula is C18H28N2. The lowest BCUT2D eigenvalue weighted by atomic mass is 10.1. The monoisotopic (exact) mass is 272 g/mol. The number of benzene rings is 1. The van der Waals surface area contributed by atoms with Crippen molar-refractivity contribution in [3.05, 3.63) is 29.8 Å². The number of nitrogens with zero attached hydrogens (tertiary/aromatic N) is 2. The summed E-state index contributed by atoms with van der Waals surface area (Å²) in [6, 6.07) is 9.73. The normalized spacial score (nSPS) is 22.4. The highest BCUT2D eigenvalue weighted by molar-refractivity contribution is 5.59. The first kappa shape index (κ1) is 13.9. The average Bonchev–Trinajstić information content (AvgIpc) is 2.68. The lowest BCUT2D eigenvalue weighted by Gasteiger charge is -2.27. The second kappa shape index (κ2) is 6.62. The third-order valence-corrected chi connectivity index (χ3v) is 4.87. The fourth-order valence-electron chi connectivity index (χ4n) is 3.81. The lowest BCUT2D eigenvalue weighted by Crippen LogP contribution is -2.39. The Kier molecular flexibility index (Phi) is 4.62. The van der Waals surface area contributed by atoms with Crippen LogP contribution in [0, 0.1) is 0 Å². The molecule has 1 aromatic rings. The summed E-state index contributed by atoms with van der Waals surface area (Å²) in [6.07, 6.45) is 8.09. The van der Waals surface area contributed by atoms with Crippen LogP contribution in [-0.2, 0) is 6.42 Å². The van der Waals surface area contributed by atoms with E-state index >= 15 is 0 Å². The van der Waals surface area contributed by atoms with Gasteiger partial charge in [-0.05, 0) is 44.0 Å². The van der Waals surface area contributed by atoms with Gasteiger partial charge in [0.2, 0.25) is 0 Å². The number of anilines is 1. The zero-order chi connectivity index (χ0) is 13.8. The molecule has 1 fully saturated rings. The summed E-state index contributed by atoms with van der Waals surface area (Å²) >= 11 is 0. The molecule has 0 amide bonds. The topological polar surface area (TPSA) is 6.48 Å². The van der Waals surface area contributed by atoms with Crippen LogP contribution in [0.5, 0.6) is 0 Å². The Morgan fingerprint density at radius 2 is 2.00 bits per heavy atom. The second-order valence-corrected chi connectivity index (χ2v) is 6.39. The van der Waals surface area contributed by atoms with Gasteiger partial charge in [-0.3, -0.25) is 0 Å². The second-order valence-electron chi connectivity index (χ2n) is 6.39.